The van der Waals surface area contributed by atoms with E-state index in [1.54, 1.807) is 6.07 Å². The van der Waals surface area contributed by atoms with E-state index in [4.69, 9.17) is 15.3 Å². The molecule has 0 saturated heterocycles. The molecule has 0 fully saturated rings. The summed E-state index contributed by atoms with van der Waals surface area (Å²) in [6.45, 7) is 0. The number of nitrogens with zero attached hydrogens (tertiary/aromatic N) is 5. The number of nitriles is 2. The standard InChI is InChI=1S/C12H4IN5O3/c13-9-1-7(3-14)2-10(18(19)20)12(9)21-11-6-16-8(4-15)5-17-11/h1-2,5-6H. The summed E-state index contributed by atoms with van der Waals surface area (Å²) in [6, 6.07) is 6.22. The molecule has 0 amide bonds. The largest absolute Gasteiger partial charge is 0.429 e. The maximum Gasteiger partial charge on any atom is 0.314 e. The highest BCUT2D eigenvalue weighted by Gasteiger charge is 2.21. The SMILES string of the molecule is N#Cc1cc(I)c(Oc2cnc(C#N)cn2)c([N+](=O)[O-])c1. The third-order valence-electron chi connectivity index (χ3n) is 2.30. The van der Waals surface area contributed by atoms with Gasteiger partial charge >= 0.3 is 5.69 Å². The Kier molecular flexibility index (Phi) is 4.25. The zero-order valence-electron chi connectivity index (χ0n) is 10.1. The van der Waals surface area contributed by atoms with Gasteiger partial charge in [0, 0.05) is 6.07 Å². The molecular formula is C12H4IN5O3. The number of hydrogen-bond acceptors (Lipinski definition) is 7. The maximum absolute atomic E-state index is 11.1. The van der Waals surface area contributed by atoms with Crippen molar-refractivity contribution in [2.75, 3.05) is 0 Å². The van der Waals surface area contributed by atoms with Crippen molar-refractivity contribution in [1.82, 2.24) is 9.97 Å². The number of nitro groups is 1. The molecule has 0 atom stereocenters. The third-order valence-corrected chi connectivity index (χ3v) is 3.10. The van der Waals surface area contributed by atoms with Gasteiger partial charge in [-0.25, -0.2) is 9.97 Å². The van der Waals surface area contributed by atoms with E-state index in [2.05, 4.69) is 9.97 Å². The molecule has 0 aliphatic heterocycles. The predicted molar refractivity (Wildman–Crippen MR) is 77.3 cm³/mol. The van der Waals surface area contributed by atoms with Crippen LogP contribution in [0.4, 0.5) is 5.69 Å². The van der Waals surface area contributed by atoms with Gasteiger partial charge in [-0.1, -0.05) is 0 Å². The lowest BCUT2D eigenvalue weighted by Crippen LogP contribution is -1.99. The monoisotopic (exact) mass is 393 g/mol. The van der Waals surface area contributed by atoms with Crippen LogP contribution in [0.3, 0.4) is 0 Å². The van der Waals surface area contributed by atoms with Crippen LogP contribution in [0.15, 0.2) is 24.5 Å². The first-order valence-corrected chi connectivity index (χ1v) is 6.41. The molecule has 0 N–H and O–H groups in total. The second-order valence-corrected chi connectivity index (χ2v) is 4.79. The van der Waals surface area contributed by atoms with E-state index in [0.717, 1.165) is 6.07 Å². The average molecular weight is 393 g/mol. The molecule has 102 valence electrons. The lowest BCUT2D eigenvalue weighted by molar-refractivity contribution is -0.385. The van der Waals surface area contributed by atoms with Crippen LogP contribution in [0.1, 0.15) is 11.3 Å². The second kappa shape index (κ2) is 6.11. The molecule has 0 spiro atoms. The van der Waals surface area contributed by atoms with Crippen LogP contribution in [0.2, 0.25) is 0 Å². The van der Waals surface area contributed by atoms with Crippen LogP contribution in [0.25, 0.3) is 0 Å². The van der Waals surface area contributed by atoms with Crippen LogP contribution in [-0.4, -0.2) is 14.9 Å². The van der Waals surface area contributed by atoms with Crippen LogP contribution < -0.4 is 4.74 Å². The van der Waals surface area contributed by atoms with Gasteiger partial charge in [-0.2, -0.15) is 10.5 Å². The Morgan fingerprint density at radius 3 is 2.52 bits per heavy atom. The first-order chi connectivity index (χ1) is 10.0. The van der Waals surface area contributed by atoms with Crippen molar-refractivity contribution < 1.29 is 9.66 Å². The summed E-state index contributed by atoms with van der Waals surface area (Å²) in [4.78, 5) is 18.0. The number of halogens is 1. The van der Waals surface area contributed by atoms with Gasteiger partial charge in [0.15, 0.2) is 5.69 Å². The summed E-state index contributed by atoms with van der Waals surface area (Å²) in [5.41, 5.74) is -0.0830. The molecule has 9 heteroatoms. The first kappa shape index (κ1) is 14.6. The van der Waals surface area contributed by atoms with E-state index in [9.17, 15) is 10.1 Å². The van der Waals surface area contributed by atoms with Crippen LogP contribution in [0, 0.1) is 36.3 Å². The minimum atomic E-state index is -0.643. The molecule has 1 aromatic heterocycles. The highest BCUT2D eigenvalue weighted by Crippen LogP contribution is 2.36. The normalized spacial score (nSPS) is 9.48. The zero-order valence-corrected chi connectivity index (χ0v) is 12.3. The Hall–Kier alpha value is -2.79. The van der Waals surface area contributed by atoms with E-state index >= 15 is 0 Å². The van der Waals surface area contributed by atoms with Crippen molar-refractivity contribution in [3.8, 4) is 23.8 Å². The molecule has 2 aromatic rings. The van der Waals surface area contributed by atoms with Crippen molar-refractivity contribution in [2.45, 2.75) is 0 Å². The molecule has 1 aromatic carbocycles. The lowest BCUT2D eigenvalue weighted by Gasteiger charge is -2.07. The molecule has 1 heterocycles. The summed E-state index contributed by atoms with van der Waals surface area (Å²) in [6.07, 6.45) is 2.38. The van der Waals surface area contributed by atoms with Crippen molar-refractivity contribution in [1.29, 1.82) is 10.5 Å². The zero-order chi connectivity index (χ0) is 15.4. The smallest absolute Gasteiger partial charge is 0.314 e. The van der Waals surface area contributed by atoms with E-state index in [1.807, 2.05) is 28.7 Å². The summed E-state index contributed by atoms with van der Waals surface area (Å²) in [7, 11) is 0. The van der Waals surface area contributed by atoms with Gasteiger partial charge in [0.25, 0.3) is 0 Å². The fourth-order valence-electron chi connectivity index (χ4n) is 1.41. The molecule has 2 rings (SSSR count). The summed E-state index contributed by atoms with van der Waals surface area (Å²) >= 11 is 1.83. The molecular weight excluding hydrogens is 389 g/mol. The topological polar surface area (TPSA) is 126 Å². The average Bonchev–Trinajstić information content (AvgIpc) is 2.49. The van der Waals surface area contributed by atoms with E-state index in [1.165, 1.54) is 18.5 Å². The number of ether oxygens (including phenoxy) is 1. The van der Waals surface area contributed by atoms with Crippen LogP contribution >= 0.6 is 22.6 Å². The fourth-order valence-corrected chi connectivity index (χ4v) is 2.13. The molecule has 0 aliphatic rings. The van der Waals surface area contributed by atoms with Gasteiger partial charge in [0.1, 0.15) is 6.07 Å². The summed E-state index contributed by atoms with van der Waals surface area (Å²) in [5, 5.41) is 28.5. The fraction of sp³-hybridized carbons (Fsp3) is 0. The molecule has 21 heavy (non-hydrogen) atoms. The molecule has 8 nitrogen and oxygen atoms in total. The Bertz CT molecular complexity index is 792. The summed E-state index contributed by atoms with van der Waals surface area (Å²) in [5.74, 6) is -0.0154. The Balaban J connectivity index is 2.45. The van der Waals surface area contributed by atoms with Crippen molar-refractivity contribution >= 4 is 28.3 Å². The van der Waals surface area contributed by atoms with E-state index in [-0.39, 0.29) is 28.6 Å². The van der Waals surface area contributed by atoms with Gasteiger partial charge in [-0.15, -0.1) is 0 Å². The van der Waals surface area contributed by atoms with Gasteiger partial charge in [-0.3, -0.25) is 10.1 Å². The van der Waals surface area contributed by atoms with Crippen molar-refractivity contribution in [2.24, 2.45) is 0 Å². The molecule has 0 bridgehead atoms. The highest BCUT2D eigenvalue weighted by atomic mass is 127. The number of nitro benzene ring substituents is 1. The van der Waals surface area contributed by atoms with Crippen LogP contribution in [0.5, 0.6) is 11.6 Å². The van der Waals surface area contributed by atoms with Crippen LogP contribution in [-0.2, 0) is 0 Å². The quantitative estimate of drug-likeness (QED) is 0.446. The molecule has 0 saturated carbocycles. The van der Waals surface area contributed by atoms with Gasteiger partial charge in [-0.05, 0) is 28.7 Å². The van der Waals surface area contributed by atoms with Gasteiger partial charge < -0.3 is 4.74 Å². The summed E-state index contributed by atoms with van der Waals surface area (Å²) < 4.78 is 5.75. The Morgan fingerprint density at radius 2 is 2.00 bits per heavy atom. The number of rotatable bonds is 3. The number of hydrogen-bond donors (Lipinski definition) is 0. The van der Waals surface area contributed by atoms with Crippen molar-refractivity contribution in [3.05, 3.63) is 49.5 Å². The predicted octanol–water partition coefficient (Wildman–Crippen LogP) is 2.53. The first-order valence-electron chi connectivity index (χ1n) is 5.33. The number of aromatic nitrogens is 2. The second-order valence-electron chi connectivity index (χ2n) is 3.63. The highest BCUT2D eigenvalue weighted by molar-refractivity contribution is 14.1. The third kappa shape index (κ3) is 3.21. The molecule has 0 aliphatic carbocycles. The molecule has 0 unspecified atom stereocenters. The van der Waals surface area contributed by atoms with E-state index in [0.29, 0.717) is 3.57 Å². The minimum absolute atomic E-state index is 0.0136. The Labute approximate surface area is 131 Å². The lowest BCUT2D eigenvalue weighted by atomic mass is 10.2. The number of benzene rings is 1. The van der Waals surface area contributed by atoms with Gasteiger partial charge in [0.05, 0.1) is 32.5 Å². The maximum atomic E-state index is 11.1. The van der Waals surface area contributed by atoms with E-state index < -0.39 is 4.92 Å². The molecule has 0 radical (unpaired) electrons. The Morgan fingerprint density at radius 1 is 1.24 bits per heavy atom. The van der Waals surface area contributed by atoms with Crippen molar-refractivity contribution in [3.63, 3.8) is 0 Å². The minimum Gasteiger partial charge on any atom is -0.429 e. The van der Waals surface area contributed by atoms with Gasteiger partial charge in [0.2, 0.25) is 11.6 Å².